The Balaban J connectivity index is 1.29. The third kappa shape index (κ3) is 5.05. The fourth-order valence-electron chi connectivity index (χ4n) is 4.89. The summed E-state index contributed by atoms with van der Waals surface area (Å²) in [7, 11) is 1.95. The highest BCUT2D eigenvalue weighted by Gasteiger charge is 2.34. The Labute approximate surface area is 213 Å². The van der Waals surface area contributed by atoms with E-state index in [1.807, 2.05) is 16.8 Å². The van der Waals surface area contributed by atoms with E-state index in [1.54, 1.807) is 30.5 Å². The topological polar surface area (TPSA) is 121 Å². The van der Waals surface area contributed by atoms with Crippen LogP contribution in [0.1, 0.15) is 36.2 Å². The van der Waals surface area contributed by atoms with Gasteiger partial charge in [0.05, 0.1) is 11.6 Å². The molecule has 11 heteroatoms. The second-order valence-electron chi connectivity index (χ2n) is 9.29. The van der Waals surface area contributed by atoms with E-state index < -0.39 is 5.91 Å². The van der Waals surface area contributed by atoms with Gasteiger partial charge in [-0.05, 0) is 57.0 Å². The second-order valence-corrected chi connectivity index (χ2v) is 9.73. The molecule has 2 fully saturated rings. The SMILES string of the molecule is CN1CCN([C@H]2CC[C@H](C(=O)Nc3c(C(=O)Nc4ccc(Cl)cn4)oc4cccnc34)CC2)C(=O)C1. The standard InChI is InChI=1S/C25H27ClN6O4/c1-31-11-12-32(20(33)14-31)17-7-4-15(5-8-17)24(34)30-22-21-18(3-2-10-27-21)36-23(22)25(35)29-19-9-6-16(26)13-28-19/h2-3,6,9-10,13,15,17H,4-5,7-8,11-12,14H2,1H3,(H,30,34)(H,28,29,35)/t15-,17-. The van der Waals surface area contributed by atoms with E-state index >= 15 is 0 Å². The third-order valence-electron chi connectivity index (χ3n) is 6.83. The molecule has 1 saturated heterocycles. The molecule has 1 saturated carbocycles. The van der Waals surface area contributed by atoms with Crippen molar-refractivity contribution in [1.82, 2.24) is 19.8 Å². The summed E-state index contributed by atoms with van der Waals surface area (Å²) in [5.41, 5.74) is 1.02. The van der Waals surface area contributed by atoms with Crippen LogP contribution in [0.3, 0.4) is 0 Å². The van der Waals surface area contributed by atoms with Crippen molar-refractivity contribution in [1.29, 1.82) is 0 Å². The molecule has 0 radical (unpaired) electrons. The number of halogens is 1. The zero-order valence-electron chi connectivity index (χ0n) is 19.9. The average Bonchev–Trinajstić information content (AvgIpc) is 3.24. The van der Waals surface area contributed by atoms with E-state index in [4.69, 9.17) is 16.0 Å². The molecule has 3 amide bonds. The number of hydrogen-bond donors (Lipinski definition) is 2. The highest BCUT2D eigenvalue weighted by Crippen LogP contribution is 2.33. The van der Waals surface area contributed by atoms with E-state index in [0.717, 1.165) is 25.9 Å². The summed E-state index contributed by atoms with van der Waals surface area (Å²) in [6.45, 7) is 2.03. The second kappa shape index (κ2) is 10.2. The number of rotatable bonds is 5. The first kappa shape index (κ1) is 24.2. The lowest BCUT2D eigenvalue weighted by molar-refractivity contribution is -0.139. The van der Waals surface area contributed by atoms with Gasteiger partial charge in [0, 0.05) is 37.4 Å². The molecule has 2 aliphatic rings. The van der Waals surface area contributed by atoms with Gasteiger partial charge < -0.3 is 20.0 Å². The number of carbonyl (C=O) groups is 3. The molecule has 0 bridgehead atoms. The van der Waals surface area contributed by atoms with Crippen LogP contribution < -0.4 is 10.6 Å². The number of nitrogens with one attached hydrogen (secondary N) is 2. The number of pyridine rings is 2. The minimum atomic E-state index is -0.560. The first-order chi connectivity index (χ1) is 17.4. The molecule has 1 aliphatic carbocycles. The maximum Gasteiger partial charge on any atom is 0.294 e. The number of carbonyl (C=O) groups excluding carboxylic acids is 3. The molecule has 3 aromatic rings. The Morgan fingerprint density at radius 2 is 1.89 bits per heavy atom. The summed E-state index contributed by atoms with van der Waals surface area (Å²) in [5.74, 6) is -0.581. The van der Waals surface area contributed by atoms with Gasteiger partial charge in [-0.2, -0.15) is 0 Å². The molecule has 0 unspecified atom stereocenters. The summed E-state index contributed by atoms with van der Waals surface area (Å²) >= 11 is 5.87. The molecule has 2 N–H and O–H groups in total. The van der Waals surface area contributed by atoms with Crippen LogP contribution in [0.2, 0.25) is 5.02 Å². The van der Waals surface area contributed by atoms with Crippen LogP contribution in [-0.2, 0) is 9.59 Å². The normalized spacial score (nSPS) is 20.9. The Kier molecular flexibility index (Phi) is 6.88. The lowest BCUT2D eigenvalue weighted by atomic mass is 9.84. The van der Waals surface area contributed by atoms with Crippen LogP contribution in [0.4, 0.5) is 11.5 Å². The molecular formula is C25H27ClN6O4. The van der Waals surface area contributed by atoms with Crippen LogP contribution in [0.15, 0.2) is 41.1 Å². The van der Waals surface area contributed by atoms with E-state index in [9.17, 15) is 14.4 Å². The minimum Gasteiger partial charge on any atom is -0.447 e. The number of anilines is 2. The predicted octanol–water partition coefficient (Wildman–Crippen LogP) is 3.40. The lowest BCUT2D eigenvalue weighted by Gasteiger charge is -2.40. The van der Waals surface area contributed by atoms with Crippen molar-refractivity contribution >= 4 is 51.9 Å². The molecule has 0 atom stereocenters. The molecule has 36 heavy (non-hydrogen) atoms. The molecule has 0 aromatic carbocycles. The number of amides is 3. The van der Waals surface area contributed by atoms with Crippen molar-refractivity contribution in [3.63, 3.8) is 0 Å². The number of hydrogen-bond acceptors (Lipinski definition) is 7. The van der Waals surface area contributed by atoms with Crippen LogP contribution >= 0.6 is 11.6 Å². The van der Waals surface area contributed by atoms with Crippen LogP contribution in [0.5, 0.6) is 0 Å². The molecule has 188 valence electrons. The molecular weight excluding hydrogens is 484 g/mol. The first-order valence-electron chi connectivity index (χ1n) is 12.0. The van der Waals surface area contributed by atoms with Gasteiger partial charge in [0.15, 0.2) is 5.58 Å². The molecule has 10 nitrogen and oxygen atoms in total. The number of piperazine rings is 1. The monoisotopic (exact) mass is 510 g/mol. The van der Waals surface area contributed by atoms with Gasteiger partial charge in [0.1, 0.15) is 17.0 Å². The highest BCUT2D eigenvalue weighted by molar-refractivity contribution is 6.30. The van der Waals surface area contributed by atoms with Crippen molar-refractivity contribution in [2.24, 2.45) is 5.92 Å². The predicted molar refractivity (Wildman–Crippen MR) is 135 cm³/mol. The highest BCUT2D eigenvalue weighted by atomic mass is 35.5. The van der Waals surface area contributed by atoms with E-state index in [1.165, 1.54) is 6.20 Å². The number of nitrogens with zero attached hydrogens (tertiary/aromatic N) is 4. The summed E-state index contributed by atoms with van der Waals surface area (Å²) in [4.78, 5) is 51.1. The van der Waals surface area contributed by atoms with Gasteiger partial charge in [0.2, 0.25) is 17.6 Å². The van der Waals surface area contributed by atoms with Crippen LogP contribution in [0, 0.1) is 5.92 Å². The van der Waals surface area contributed by atoms with Gasteiger partial charge in [-0.15, -0.1) is 0 Å². The number of fused-ring (bicyclic) bond motifs is 1. The summed E-state index contributed by atoms with van der Waals surface area (Å²) in [6, 6.07) is 6.73. The van der Waals surface area contributed by atoms with Crippen LogP contribution in [-0.4, -0.2) is 70.2 Å². The zero-order chi connectivity index (χ0) is 25.2. The maximum atomic E-state index is 13.2. The number of aromatic nitrogens is 2. The van der Waals surface area contributed by atoms with Crippen molar-refractivity contribution in [3.8, 4) is 0 Å². The van der Waals surface area contributed by atoms with E-state index in [0.29, 0.717) is 41.3 Å². The largest absolute Gasteiger partial charge is 0.447 e. The van der Waals surface area contributed by atoms with Crippen molar-refractivity contribution in [2.45, 2.75) is 31.7 Å². The Bertz CT molecular complexity index is 1290. The Hall–Kier alpha value is -3.50. The van der Waals surface area contributed by atoms with E-state index in [-0.39, 0.29) is 35.2 Å². The van der Waals surface area contributed by atoms with Crippen LogP contribution in [0.25, 0.3) is 11.1 Å². The van der Waals surface area contributed by atoms with E-state index in [2.05, 4.69) is 20.6 Å². The Morgan fingerprint density at radius 3 is 2.61 bits per heavy atom. The smallest absolute Gasteiger partial charge is 0.294 e. The van der Waals surface area contributed by atoms with Gasteiger partial charge >= 0.3 is 0 Å². The molecule has 5 rings (SSSR count). The van der Waals surface area contributed by atoms with Crippen molar-refractivity contribution in [3.05, 3.63) is 47.4 Å². The molecule has 4 heterocycles. The molecule has 1 aliphatic heterocycles. The third-order valence-corrected chi connectivity index (χ3v) is 7.05. The number of likely N-dealkylation sites (N-methyl/N-ethyl adjacent to an activating group) is 1. The average molecular weight is 511 g/mol. The minimum absolute atomic E-state index is 0.0504. The fourth-order valence-corrected chi connectivity index (χ4v) is 5.00. The molecule has 3 aromatic heterocycles. The van der Waals surface area contributed by atoms with Gasteiger partial charge in [0.25, 0.3) is 5.91 Å². The fraction of sp³-hybridized carbons (Fsp3) is 0.400. The number of furan rings is 1. The Morgan fingerprint density at radius 1 is 1.08 bits per heavy atom. The van der Waals surface area contributed by atoms with Gasteiger partial charge in [-0.3, -0.25) is 24.3 Å². The summed E-state index contributed by atoms with van der Waals surface area (Å²) < 4.78 is 5.77. The quantitative estimate of drug-likeness (QED) is 0.539. The zero-order valence-corrected chi connectivity index (χ0v) is 20.6. The van der Waals surface area contributed by atoms with Crippen molar-refractivity contribution in [2.75, 3.05) is 37.3 Å². The summed E-state index contributed by atoms with van der Waals surface area (Å²) in [5, 5.41) is 6.01. The molecule has 0 spiro atoms. The first-order valence-corrected chi connectivity index (χ1v) is 12.4. The van der Waals surface area contributed by atoms with Gasteiger partial charge in [-0.25, -0.2) is 4.98 Å². The summed E-state index contributed by atoms with van der Waals surface area (Å²) in [6.07, 6.45) is 5.87. The lowest BCUT2D eigenvalue weighted by Crippen LogP contribution is -2.53. The van der Waals surface area contributed by atoms with Gasteiger partial charge in [-0.1, -0.05) is 11.6 Å². The maximum absolute atomic E-state index is 13.2. The van der Waals surface area contributed by atoms with Crippen molar-refractivity contribution < 1.29 is 18.8 Å².